The Kier molecular flexibility index (Phi) is 10.3. The number of nitrogens with one attached hydrogen (secondary N) is 1. The number of nitrogens with zero attached hydrogens (tertiary/aromatic N) is 1. The van der Waals surface area contributed by atoms with Gasteiger partial charge in [0, 0.05) is 28.3 Å². The maximum Gasteiger partial charge on any atom is 0.123 e. The van der Waals surface area contributed by atoms with Crippen LogP contribution in [0.3, 0.4) is 0 Å². The van der Waals surface area contributed by atoms with E-state index in [-0.39, 0.29) is 17.8 Å². The summed E-state index contributed by atoms with van der Waals surface area (Å²) in [5, 5.41) is 4.63. The number of pyridine rings is 1. The van der Waals surface area contributed by atoms with Gasteiger partial charge in [-0.2, -0.15) is 0 Å². The standard InChI is InChI=1S/C38H43FN2/c1-7-13-28(4)38-35(37(32-19-21-33(39)22-20-32)34-16-11-12-17-36(34)41-38)23-18-26(2)24-27(3)25-29(5)40-30(6)31-14-9-8-10-15-31/h8-12,14-23,27-28,30,40H,2,5,7,13,24-25H2,1,3-4,6H3/b23-18+/t27-,28?,30+/m1/s1. The summed E-state index contributed by atoms with van der Waals surface area (Å²) >= 11 is 0. The minimum Gasteiger partial charge on any atom is -0.382 e. The van der Waals surface area contributed by atoms with E-state index in [0.717, 1.165) is 70.2 Å². The van der Waals surface area contributed by atoms with Crippen molar-refractivity contribution in [2.75, 3.05) is 0 Å². The van der Waals surface area contributed by atoms with E-state index in [1.807, 2.05) is 30.3 Å². The maximum absolute atomic E-state index is 13.9. The van der Waals surface area contributed by atoms with Gasteiger partial charge in [-0.3, -0.25) is 4.98 Å². The van der Waals surface area contributed by atoms with E-state index in [4.69, 9.17) is 4.98 Å². The quantitative estimate of drug-likeness (QED) is 0.169. The fraction of sp³-hybridized carbons (Fsp3) is 0.289. The molecule has 0 radical (unpaired) electrons. The van der Waals surface area contributed by atoms with Gasteiger partial charge in [-0.15, -0.1) is 0 Å². The van der Waals surface area contributed by atoms with Crippen LogP contribution in [-0.4, -0.2) is 4.98 Å². The van der Waals surface area contributed by atoms with Crippen LogP contribution in [-0.2, 0) is 0 Å². The zero-order valence-electron chi connectivity index (χ0n) is 25.0. The van der Waals surface area contributed by atoms with E-state index in [1.54, 1.807) is 0 Å². The van der Waals surface area contributed by atoms with Crippen molar-refractivity contribution in [1.29, 1.82) is 0 Å². The summed E-state index contributed by atoms with van der Waals surface area (Å²) in [5.74, 6) is 0.442. The summed E-state index contributed by atoms with van der Waals surface area (Å²) in [4.78, 5) is 5.15. The monoisotopic (exact) mass is 546 g/mol. The van der Waals surface area contributed by atoms with E-state index >= 15 is 0 Å². The SMILES string of the molecule is C=C(/C=C/c1c(C(C)CCC)nc2ccccc2c1-c1ccc(F)cc1)C[C@@H](C)CC(=C)N[C@@H](C)c1ccccc1. The summed E-state index contributed by atoms with van der Waals surface area (Å²) in [6, 6.07) is 25.7. The van der Waals surface area contributed by atoms with Gasteiger partial charge in [0.1, 0.15) is 5.82 Å². The van der Waals surface area contributed by atoms with Crippen LogP contribution in [0.1, 0.15) is 82.2 Å². The number of hydrogen-bond acceptors (Lipinski definition) is 2. The van der Waals surface area contributed by atoms with Crippen LogP contribution in [0, 0.1) is 11.7 Å². The van der Waals surface area contributed by atoms with Crippen molar-refractivity contribution in [3.8, 4) is 11.1 Å². The Hall–Kier alpha value is -3.98. The summed E-state index contributed by atoms with van der Waals surface area (Å²) < 4.78 is 13.9. The number of fused-ring (bicyclic) bond motifs is 1. The zero-order chi connectivity index (χ0) is 29.4. The first kappa shape index (κ1) is 30.0. The van der Waals surface area contributed by atoms with Gasteiger partial charge < -0.3 is 5.32 Å². The molecule has 3 atom stereocenters. The van der Waals surface area contributed by atoms with Gasteiger partial charge in [0.15, 0.2) is 0 Å². The second-order valence-corrected chi connectivity index (χ2v) is 11.4. The van der Waals surface area contributed by atoms with Crippen molar-refractivity contribution < 1.29 is 4.39 Å². The largest absolute Gasteiger partial charge is 0.382 e. The smallest absolute Gasteiger partial charge is 0.123 e. The lowest BCUT2D eigenvalue weighted by molar-refractivity contribution is 0.530. The Labute approximate surface area is 245 Å². The third kappa shape index (κ3) is 7.82. The third-order valence-corrected chi connectivity index (χ3v) is 7.69. The van der Waals surface area contributed by atoms with E-state index in [2.05, 4.69) is 94.7 Å². The van der Waals surface area contributed by atoms with Crippen LogP contribution in [0.25, 0.3) is 28.1 Å². The van der Waals surface area contributed by atoms with Crippen molar-refractivity contribution in [2.24, 2.45) is 5.92 Å². The highest BCUT2D eigenvalue weighted by Crippen LogP contribution is 2.38. The Bertz CT molecular complexity index is 1500. The Morgan fingerprint density at radius 2 is 1.59 bits per heavy atom. The molecule has 2 nitrogen and oxygen atoms in total. The lowest BCUT2D eigenvalue weighted by atomic mass is 9.88. The summed E-state index contributed by atoms with van der Waals surface area (Å²) in [6.07, 6.45) is 8.18. The predicted octanol–water partition coefficient (Wildman–Crippen LogP) is 10.8. The molecule has 0 aliphatic rings. The number of halogens is 1. The van der Waals surface area contributed by atoms with Gasteiger partial charge in [0.05, 0.1) is 11.2 Å². The van der Waals surface area contributed by atoms with Crippen LogP contribution < -0.4 is 5.32 Å². The van der Waals surface area contributed by atoms with E-state index < -0.39 is 0 Å². The molecule has 0 aliphatic heterocycles. The minimum absolute atomic E-state index is 0.216. The number of para-hydroxylation sites is 1. The van der Waals surface area contributed by atoms with Gasteiger partial charge >= 0.3 is 0 Å². The zero-order valence-corrected chi connectivity index (χ0v) is 25.0. The highest BCUT2D eigenvalue weighted by atomic mass is 19.1. The van der Waals surface area contributed by atoms with Crippen molar-refractivity contribution in [3.63, 3.8) is 0 Å². The van der Waals surface area contributed by atoms with Gasteiger partial charge in [-0.05, 0) is 67.3 Å². The molecular formula is C38H43FN2. The fourth-order valence-electron chi connectivity index (χ4n) is 5.69. The molecule has 1 aromatic heterocycles. The Balaban J connectivity index is 1.58. The Morgan fingerprint density at radius 1 is 0.902 bits per heavy atom. The highest BCUT2D eigenvalue weighted by Gasteiger charge is 2.19. The highest BCUT2D eigenvalue weighted by molar-refractivity contribution is 5.99. The molecular weight excluding hydrogens is 503 g/mol. The molecule has 3 aromatic carbocycles. The van der Waals surface area contributed by atoms with Crippen molar-refractivity contribution in [3.05, 3.63) is 132 Å². The number of hydrogen-bond donors (Lipinski definition) is 1. The fourth-order valence-corrected chi connectivity index (χ4v) is 5.69. The van der Waals surface area contributed by atoms with Gasteiger partial charge in [0.25, 0.3) is 0 Å². The van der Waals surface area contributed by atoms with Gasteiger partial charge in [-0.1, -0.05) is 119 Å². The molecule has 0 saturated carbocycles. The molecule has 1 unspecified atom stereocenters. The molecule has 0 aliphatic carbocycles. The average molecular weight is 547 g/mol. The van der Waals surface area contributed by atoms with E-state index in [1.165, 1.54) is 17.7 Å². The summed E-state index contributed by atoms with van der Waals surface area (Å²) in [5.41, 5.74) is 8.57. The molecule has 1 heterocycles. The second kappa shape index (κ2) is 14.1. The molecule has 4 aromatic rings. The number of rotatable bonds is 13. The topological polar surface area (TPSA) is 24.9 Å². The van der Waals surface area contributed by atoms with E-state index in [9.17, 15) is 4.39 Å². The molecule has 0 bridgehead atoms. The van der Waals surface area contributed by atoms with Crippen LogP contribution in [0.2, 0.25) is 0 Å². The summed E-state index contributed by atoms with van der Waals surface area (Å²) in [6.45, 7) is 17.6. The van der Waals surface area contributed by atoms with Crippen molar-refractivity contribution >= 4 is 17.0 Å². The predicted molar refractivity (Wildman–Crippen MR) is 174 cm³/mol. The van der Waals surface area contributed by atoms with E-state index in [0.29, 0.717) is 5.92 Å². The first-order valence-corrected chi connectivity index (χ1v) is 14.8. The lowest BCUT2D eigenvalue weighted by Crippen LogP contribution is -2.19. The molecule has 4 rings (SSSR count). The third-order valence-electron chi connectivity index (χ3n) is 7.69. The van der Waals surface area contributed by atoms with Crippen LogP contribution in [0.5, 0.6) is 0 Å². The first-order valence-electron chi connectivity index (χ1n) is 14.8. The molecule has 212 valence electrons. The molecule has 3 heteroatoms. The minimum atomic E-state index is -0.236. The van der Waals surface area contributed by atoms with Crippen LogP contribution in [0.4, 0.5) is 4.39 Å². The normalized spacial score (nSPS) is 13.7. The lowest BCUT2D eigenvalue weighted by Gasteiger charge is -2.21. The van der Waals surface area contributed by atoms with Crippen molar-refractivity contribution in [2.45, 2.75) is 65.3 Å². The molecule has 1 N–H and O–H groups in total. The number of benzene rings is 3. The molecule has 0 amide bonds. The van der Waals surface area contributed by atoms with Crippen molar-refractivity contribution in [1.82, 2.24) is 10.3 Å². The first-order chi connectivity index (χ1) is 19.8. The van der Waals surface area contributed by atoms with Crippen LogP contribution in [0.15, 0.2) is 109 Å². The molecule has 41 heavy (non-hydrogen) atoms. The maximum atomic E-state index is 13.9. The number of allylic oxidation sites excluding steroid dienone is 3. The molecule has 0 fully saturated rings. The van der Waals surface area contributed by atoms with Gasteiger partial charge in [0.2, 0.25) is 0 Å². The second-order valence-electron chi connectivity index (χ2n) is 11.4. The average Bonchev–Trinajstić information content (AvgIpc) is 2.96. The molecule has 0 spiro atoms. The Morgan fingerprint density at radius 3 is 2.29 bits per heavy atom. The summed E-state index contributed by atoms with van der Waals surface area (Å²) in [7, 11) is 0. The molecule has 0 saturated heterocycles. The van der Waals surface area contributed by atoms with Crippen LogP contribution >= 0.6 is 0 Å². The number of aromatic nitrogens is 1. The van der Waals surface area contributed by atoms with Gasteiger partial charge in [-0.25, -0.2) is 4.39 Å².